The lowest BCUT2D eigenvalue weighted by molar-refractivity contribution is 0.154. The molecule has 1 aromatic heterocycles. The molecule has 10 heteroatoms. The number of nitrogens with zero attached hydrogens (tertiary/aromatic N) is 3. The first-order valence-corrected chi connectivity index (χ1v) is 11.3. The summed E-state index contributed by atoms with van der Waals surface area (Å²) in [6, 6.07) is 9.51. The number of sulfone groups is 1. The second kappa shape index (κ2) is 11.0. The minimum absolute atomic E-state index is 0.0205. The number of benzene rings is 1. The van der Waals surface area contributed by atoms with Crippen LogP contribution in [0.5, 0.6) is 0 Å². The molecule has 2 N–H and O–H groups in total. The zero-order valence-electron chi connectivity index (χ0n) is 16.0. The van der Waals surface area contributed by atoms with E-state index in [-0.39, 0.29) is 18.4 Å². The Morgan fingerprint density at radius 2 is 2.04 bits per heavy atom. The predicted octanol–water partition coefficient (Wildman–Crippen LogP) is 1.35. The average molecular weight is 428 g/mol. The fourth-order valence-electron chi connectivity index (χ4n) is 2.48. The molecule has 0 saturated heterocycles. The molecule has 8 nitrogen and oxygen atoms in total. The Morgan fingerprint density at radius 1 is 1.29 bits per heavy atom. The van der Waals surface area contributed by atoms with E-state index in [4.69, 9.17) is 16.3 Å². The minimum atomic E-state index is -3.00. The van der Waals surface area contributed by atoms with Crippen molar-refractivity contribution in [3.63, 3.8) is 0 Å². The zero-order valence-corrected chi connectivity index (χ0v) is 17.6. The van der Waals surface area contributed by atoms with E-state index in [0.29, 0.717) is 30.7 Å². The Labute approximate surface area is 170 Å². The molecular weight excluding hydrogens is 402 g/mol. The highest BCUT2D eigenvalue weighted by Gasteiger charge is 2.14. The molecule has 2 aromatic rings. The van der Waals surface area contributed by atoms with Crippen LogP contribution < -0.4 is 10.6 Å². The maximum absolute atomic E-state index is 11.1. The molecule has 0 spiro atoms. The molecule has 0 amide bonds. The quantitative estimate of drug-likeness (QED) is 0.337. The van der Waals surface area contributed by atoms with Gasteiger partial charge >= 0.3 is 0 Å². The molecule has 28 heavy (non-hydrogen) atoms. The van der Waals surface area contributed by atoms with Gasteiger partial charge in [0, 0.05) is 43.8 Å². The van der Waals surface area contributed by atoms with E-state index in [1.165, 1.54) is 6.26 Å². The van der Waals surface area contributed by atoms with Crippen LogP contribution in [0.2, 0.25) is 5.02 Å². The summed E-state index contributed by atoms with van der Waals surface area (Å²) < 4.78 is 29.3. The summed E-state index contributed by atoms with van der Waals surface area (Å²) in [7, 11) is -1.31. The first-order valence-electron chi connectivity index (χ1n) is 8.83. The lowest BCUT2D eigenvalue weighted by atomic mass is 10.1. The standard InChI is InChI=1S/C18H26ClN5O3S/c1-20-18(21-9-11-27-12-13-28(2,25)26)22-14-17(24-10-3-8-23-24)15-4-6-16(19)7-5-15/h3-8,10,17H,9,11-14H2,1-2H3,(H2,20,21,22). The highest BCUT2D eigenvalue weighted by atomic mass is 35.5. The van der Waals surface area contributed by atoms with Crippen molar-refractivity contribution in [2.75, 3.05) is 45.4 Å². The SMILES string of the molecule is CN=C(NCCOCCS(C)(=O)=O)NCC(c1ccc(Cl)cc1)n1cccn1. The van der Waals surface area contributed by atoms with Gasteiger partial charge in [-0.3, -0.25) is 9.67 Å². The number of guanidine groups is 1. The van der Waals surface area contributed by atoms with Crippen LogP contribution >= 0.6 is 11.6 Å². The second-order valence-electron chi connectivity index (χ2n) is 6.18. The molecule has 1 aromatic carbocycles. The Morgan fingerprint density at radius 3 is 2.64 bits per heavy atom. The van der Waals surface area contributed by atoms with Crippen LogP contribution in [-0.4, -0.2) is 69.5 Å². The van der Waals surface area contributed by atoms with Crippen molar-refractivity contribution in [2.45, 2.75) is 6.04 Å². The van der Waals surface area contributed by atoms with Gasteiger partial charge in [-0.05, 0) is 23.8 Å². The molecule has 1 atom stereocenters. The van der Waals surface area contributed by atoms with E-state index in [2.05, 4.69) is 20.7 Å². The average Bonchev–Trinajstić information content (AvgIpc) is 3.18. The molecule has 1 unspecified atom stereocenters. The summed E-state index contributed by atoms with van der Waals surface area (Å²) in [4.78, 5) is 4.20. The number of ether oxygens (including phenoxy) is 1. The van der Waals surface area contributed by atoms with Gasteiger partial charge in [-0.25, -0.2) is 8.42 Å². The van der Waals surface area contributed by atoms with Gasteiger partial charge in [-0.15, -0.1) is 0 Å². The summed E-state index contributed by atoms with van der Waals surface area (Å²) in [5.74, 6) is 0.643. The summed E-state index contributed by atoms with van der Waals surface area (Å²) in [6.45, 7) is 1.65. The summed E-state index contributed by atoms with van der Waals surface area (Å²) in [6.07, 6.45) is 4.84. The fourth-order valence-corrected chi connectivity index (χ4v) is 3.03. The second-order valence-corrected chi connectivity index (χ2v) is 8.87. The maximum atomic E-state index is 11.1. The molecule has 0 radical (unpaired) electrons. The predicted molar refractivity (Wildman–Crippen MR) is 112 cm³/mol. The number of hydrogen-bond donors (Lipinski definition) is 2. The van der Waals surface area contributed by atoms with Crippen LogP contribution in [0.1, 0.15) is 11.6 Å². The molecule has 0 aliphatic rings. The Bertz CT molecular complexity index is 839. The molecule has 2 rings (SSSR count). The Balaban J connectivity index is 1.84. The number of halogens is 1. The van der Waals surface area contributed by atoms with Crippen LogP contribution in [0.15, 0.2) is 47.7 Å². The Hall–Kier alpha value is -2.10. The van der Waals surface area contributed by atoms with E-state index in [1.54, 1.807) is 13.2 Å². The van der Waals surface area contributed by atoms with E-state index < -0.39 is 9.84 Å². The molecule has 1 heterocycles. The minimum Gasteiger partial charge on any atom is -0.379 e. The van der Waals surface area contributed by atoms with Crippen LogP contribution in [0.4, 0.5) is 0 Å². The normalized spacial score (nSPS) is 13.3. The van der Waals surface area contributed by atoms with Gasteiger partial charge in [-0.2, -0.15) is 5.10 Å². The van der Waals surface area contributed by atoms with Crippen LogP contribution in [-0.2, 0) is 14.6 Å². The fraction of sp³-hybridized carbons (Fsp3) is 0.444. The largest absolute Gasteiger partial charge is 0.379 e. The van der Waals surface area contributed by atoms with E-state index in [9.17, 15) is 8.42 Å². The number of hydrogen-bond acceptors (Lipinski definition) is 5. The van der Waals surface area contributed by atoms with E-state index in [0.717, 1.165) is 5.56 Å². The topological polar surface area (TPSA) is 97.6 Å². The van der Waals surface area contributed by atoms with Gasteiger partial charge in [0.25, 0.3) is 0 Å². The lowest BCUT2D eigenvalue weighted by Crippen LogP contribution is -2.41. The highest BCUT2D eigenvalue weighted by molar-refractivity contribution is 7.90. The summed E-state index contributed by atoms with van der Waals surface area (Å²) in [5.41, 5.74) is 1.07. The number of rotatable bonds is 10. The molecule has 0 saturated carbocycles. The monoisotopic (exact) mass is 427 g/mol. The van der Waals surface area contributed by atoms with Gasteiger partial charge in [-0.1, -0.05) is 23.7 Å². The van der Waals surface area contributed by atoms with Crippen molar-refractivity contribution in [1.29, 1.82) is 0 Å². The molecule has 0 fully saturated rings. The van der Waals surface area contributed by atoms with Crippen molar-refractivity contribution in [3.8, 4) is 0 Å². The van der Waals surface area contributed by atoms with E-state index in [1.807, 2.05) is 41.2 Å². The summed E-state index contributed by atoms with van der Waals surface area (Å²) >= 11 is 6.00. The van der Waals surface area contributed by atoms with Gasteiger partial charge in [0.1, 0.15) is 9.84 Å². The number of nitrogens with one attached hydrogen (secondary N) is 2. The first kappa shape index (κ1) is 22.2. The third-order valence-corrected chi connectivity index (χ3v) is 5.08. The smallest absolute Gasteiger partial charge is 0.191 e. The maximum Gasteiger partial charge on any atom is 0.191 e. The molecule has 0 aliphatic heterocycles. The number of aliphatic imine (C=N–C) groups is 1. The third-order valence-electron chi connectivity index (χ3n) is 3.92. The van der Waals surface area contributed by atoms with Gasteiger partial charge in [0.05, 0.1) is 25.0 Å². The molecule has 0 bridgehead atoms. The molecular formula is C18H26ClN5O3S. The van der Waals surface area contributed by atoms with Gasteiger partial charge in [0.2, 0.25) is 0 Å². The van der Waals surface area contributed by atoms with Gasteiger partial charge < -0.3 is 15.4 Å². The van der Waals surface area contributed by atoms with Crippen molar-refractivity contribution < 1.29 is 13.2 Å². The Kier molecular flexibility index (Phi) is 8.75. The van der Waals surface area contributed by atoms with Crippen LogP contribution in [0.3, 0.4) is 0 Å². The van der Waals surface area contributed by atoms with Crippen LogP contribution in [0.25, 0.3) is 0 Å². The number of aromatic nitrogens is 2. The lowest BCUT2D eigenvalue weighted by Gasteiger charge is -2.20. The molecule has 154 valence electrons. The zero-order chi connectivity index (χ0) is 20.4. The van der Waals surface area contributed by atoms with Crippen molar-refractivity contribution in [3.05, 3.63) is 53.3 Å². The highest BCUT2D eigenvalue weighted by Crippen LogP contribution is 2.19. The van der Waals surface area contributed by atoms with E-state index >= 15 is 0 Å². The van der Waals surface area contributed by atoms with Gasteiger partial charge in [0.15, 0.2) is 5.96 Å². The van der Waals surface area contributed by atoms with Crippen LogP contribution in [0, 0.1) is 0 Å². The molecule has 0 aliphatic carbocycles. The summed E-state index contributed by atoms with van der Waals surface area (Å²) in [5, 5.41) is 11.5. The first-order chi connectivity index (χ1) is 13.4. The van der Waals surface area contributed by atoms with Crippen molar-refractivity contribution in [2.24, 2.45) is 4.99 Å². The van der Waals surface area contributed by atoms with Crippen molar-refractivity contribution in [1.82, 2.24) is 20.4 Å². The van der Waals surface area contributed by atoms with Crippen molar-refractivity contribution >= 4 is 27.4 Å². The third kappa shape index (κ3) is 7.87.